The lowest BCUT2D eigenvalue weighted by atomic mass is 9.87. The Labute approximate surface area is 154 Å². The molecule has 0 radical (unpaired) electrons. The Morgan fingerprint density at radius 2 is 1.96 bits per heavy atom. The first-order chi connectivity index (χ1) is 12.5. The summed E-state index contributed by atoms with van der Waals surface area (Å²) in [5.41, 5.74) is 6.73. The number of quaternary nitrogens is 1. The molecule has 2 aromatic carbocycles. The lowest BCUT2D eigenvalue weighted by molar-refractivity contribution is -0.926. The fourth-order valence-electron chi connectivity index (χ4n) is 4.36. The van der Waals surface area contributed by atoms with Gasteiger partial charge in [0.2, 0.25) is 0 Å². The second-order valence-corrected chi connectivity index (χ2v) is 7.64. The number of rotatable bonds is 3. The summed E-state index contributed by atoms with van der Waals surface area (Å²) in [6.07, 6.45) is 3.60. The van der Waals surface area contributed by atoms with Crippen molar-refractivity contribution in [2.24, 2.45) is 0 Å². The van der Waals surface area contributed by atoms with Crippen LogP contribution in [0, 0.1) is 13.8 Å². The van der Waals surface area contributed by atoms with Crippen molar-refractivity contribution in [3.63, 3.8) is 0 Å². The van der Waals surface area contributed by atoms with E-state index >= 15 is 0 Å². The first-order valence-corrected chi connectivity index (χ1v) is 9.47. The molecule has 2 atom stereocenters. The summed E-state index contributed by atoms with van der Waals surface area (Å²) in [5, 5.41) is 1.07. The molecular formula is C23H26NO2+. The second kappa shape index (κ2) is 6.73. The molecule has 3 nitrogen and oxygen atoms in total. The number of nitrogens with one attached hydrogen (secondary N) is 1. The SMILES string of the molecule is Cc1ccc2c(C[NH+](C)[C@H]3CCCc4ccccc43)cc(=O)oc2c1C. The van der Waals surface area contributed by atoms with E-state index in [0.717, 1.165) is 34.2 Å². The van der Waals surface area contributed by atoms with Gasteiger partial charge in [-0.3, -0.25) is 0 Å². The molecule has 1 aliphatic rings. The highest BCUT2D eigenvalue weighted by atomic mass is 16.4. The van der Waals surface area contributed by atoms with Gasteiger partial charge in [0.25, 0.3) is 0 Å². The van der Waals surface area contributed by atoms with E-state index in [1.807, 2.05) is 6.92 Å². The van der Waals surface area contributed by atoms with E-state index in [4.69, 9.17) is 4.42 Å². The van der Waals surface area contributed by atoms with Crippen molar-refractivity contribution < 1.29 is 9.32 Å². The molecular weight excluding hydrogens is 322 g/mol. The van der Waals surface area contributed by atoms with E-state index in [1.165, 1.54) is 35.3 Å². The van der Waals surface area contributed by atoms with Gasteiger partial charge >= 0.3 is 5.63 Å². The zero-order valence-corrected chi connectivity index (χ0v) is 15.8. The first-order valence-electron chi connectivity index (χ1n) is 9.47. The third-order valence-corrected chi connectivity index (χ3v) is 5.95. The molecule has 134 valence electrons. The minimum absolute atomic E-state index is 0.252. The summed E-state index contributed by atoms with van der Waals surface area (Å²) in [5.74, 6) is 0. The van der Waals surface area contributed by atoms with Gasteiger partial charge in [0.05, 0.1) is 7.05 Å². The normalized spacial score (nSPS) is 17.9. The Bertz CT molecular complexity index is 1020. The van der Waals surface area contributed by atoms with Crippen LogP contribution in [0.4, 0.5) is 0 Å². The zero-order chi connectivity index (χ0) is 18.3. The van der Waals surface area contributed by atoms with Crippen LogP contribution in [-0.4, -0.2) is 7.05 Å². The standard InChI is InChI=1S/C23H25NO2/c1-15-11-12-20-18(13-22(25)26-23(20)16(15)2)14-24(3)21-10-6-8-17-7-4-5-9-19(17)21/h4-5,7,9,11-13,21H,6,8,10,14H2,1-3H3/p+1/t21-/m0/s1. The van der Waals surface area contributed by atoms with Crippen molar-refractivity contribution in [3.8, 4) is 0 Å². The molecule has 0 spiro atoms. The van der Waals surface area contributed by atoms with Crippen LogP contribution < -0.4 is 10.5 Å². The van der Waals surface area contributed by atoms with E-state index < -0.39 is 0 Å². The highest BCUT2D eigenvalue weighted by molar-refractivity contribution is 5.83. The maximum atomic E-state index is 12.1. The highest BCUT2D eigenvalue weighted by Gasteiger charge is 2.27. The van der Waals surface area contributed by atoms with Gasteiger partial charge < -0.3 is 9.32 Å². The maximum absolute atomic E-state index is 12.1. The van der Waals surface area contributed by atoms with Gasteiger partial charge in [-0.15, -0.1) is 0 Å². The smallest absolute Gasteiger partial charge is 0.336 e. The van der Waals surface area contributed by atoms with Crippen LogP contribution in [0.3, 0.4) is 0 Å². The first kappa shape index (κ1) is 17.0. The molecule has 1 heterocycles. The van der Waals surface area contributed by atoms with Crippen LogP contribution in [0.2, 0.25) is 0 Å². The Morgan fingerprint density at radius 3 is 2.81 bits per heavy atom. The molecule has 0 bridgehead atoms. The molecule has 0 saturated heterocycles. The number of fused-ring (bicyclic) bond motifs is 2. The molecule has 0 amide bonds. The van der Waals surface area contributed by atoms with Gasteiger partial charge in [-0.1, -0.05) is 36.4 Å². The van der Waals surface area contributed by atoms with Crippen molar-refractivity contribution >= 4 is 11.0 Å². The molecule has 0 fully saturated rings. The van der Waals surface area contributed by atoms with Gasteiger partial charge in [0, 0.05) is 29.0 Å². The quantitative estimate of drug-likeness (QED) is 0.735. The van der Waals surface area contributed by atoms with Crippen LogP contribution in [0.15, 0.2) is 51.7 Å². The maximum Gasteiger partial charge on any atom is 0.336 e. The average molecular weight is 348 g/mol. The van der Waals surface area contributed by atoms with Crippen molar-refractivity contribution in [1.29, 1.82) is 0 Å². The predicted molar refractivity (Wildman–Crippen MR) is 105 cm³/mol. The topological polar surface area (TPSA) is 34.7 Å². The van der Waals surface area contributed by atoms with Gasteiger partial charge in [0.15, 0.2) is 0 Å². The van der Waals surface area contributed by atoms with E-state index in [9.17, 15) is 4.79 Å². The number of hydrogen-bond donors (Lipinski definition) is 1. The van der Waals surface area contributed by atoms with Crippen LogP contribution in [0.1, 0.15) is 46.7 Å². The molecule has 1 aliphatic carbocycles. The Balaban J connectivity index is 1.72. The van der Waals surface area contributed by atoms with Gasteiger partial charge in [-0.2, -0.15) is 0 Å². The molecule has 0 aliphatic heterocycles. The number of aryl methyl sites for hydroxylation is 3. The molecule has 1 N–H and O–H groups in total. The van der Waals surface area contributed by atoms with Gasteiger partial charge in [-0.25, -0.2) is 4.79 Å². The summed E-state index contributed by atoms with van der Waals surface area (Å²) >= 11 is 0. The molecule has 3 heteroatoms. The van der Waals surface area contributed by atoms with Crippen molar-refractivity contribution in [2.75, 3.05) is 7.05 Å². The summed E-state index contributed by atoms with van der Waals surface area (Å²) in [6.45, 7) is 4.90. The van der Waals surface area contributed by atoms with Crippen LogP contribution in [0.25, 0.3) is 11.0 Å². The largest absolute Gasteiger partial charge is 0.422 e. The third kappa shape index (κ3) is 2.97. The van der Waals surface area contributed by atoms with Crippen LogP contribution >= 0.6 is 0 Å². The zero-order valence-electron chi connectivity index (χ0n) is 15.8. The number of hydrogen-bond acceptors (Lipinski definition) is 2. The summed E-state index contributed by atoms with van der Waals surface area (Å²) < 4.78 is 5.53. The summed E-state index contributed by atoms with van der Waals surface area (Å²) in [4.78, 5) is 13.6. The van der Waals surface area contributed by atoms with Crippen LogP contribution in [-0.2, 0) is 13.0 Å². The van der Waals surface area contributed by atoms with Gasteiger partial charge in [0.1, 0.15) is 18.2 Å². The Kier molecular flexibility index (Phi) is 4.41. The summed E-state index contributed by atoms with van der Waals surface area (Å²) in [7, 11) is 2.24. The Morgan fingerprint density at radius 1 is 1.15 bits per heavy atom. The van der Waals surface area contributed by atoms with E-state index in [0.29, 0.717) is 6.04 Å². The van der Waals surface area contributed by atoms with Crippen molar-refractivity contribution in [2.45, 2.75) is 45.7 Å². The van der Waals surface area contributed by atoms with Crippen molar-refractivity contribution in [3.05, 3.63) is 80.7 Å². The van der Waals surface area contributed by atoms with E-state index in [-0.39, 0.29) is 5.63 Å². The molecule has 3 aromatic rings. The molecule has 1 aromatic heterocycles. The van der Waals surface area contributed by atoms with Crippen LogP contribution in [0.5, 0.6) is 0 Å². The van der Waals surface area contributed by atoms with E-state index in [2.05, 4.69) is 50.4 Å². The Hall–Kier alpha value is -2.39. The minimum Gasteiger partial charge on any atom is -0.422 e. The second-order valence-electron chi connectivity index (χ2n) is 7.64. The molecule has 1 unspecified atom stereocenters. The molecule has 0 saturated carbocycles. The average Bonchev–Trinajstić information content (AvgIpc) is 2.64. The number of benzene rings is 2. The highest BCUT2D eigenvalue weighted by Crippen LogP contribution is 2.28. The predicted octanol–water partition coefficient (Wildman–Crippen LogP) is 3.50. The molecule has 26 heavy (non-hydrogen) atoms. The fraction of sp³-hybridized carbons (Fsp3) is 0.348. The summed E-state index contributed by atoms with van der Waals surface area (Å²) in [6, 6.07) is 15.2. The monoisotopic (exact) mass is 348 g/mol. The van der Waals surface area contributed by atoms with Gasteiger partial charge in [-0.05, 0) is 43.4 Å². The lowest BCUT2D eigenvalue weighted by Gasteiger charge is -2.30. The van der Waals surface area contributed by atoms with Crippen molar-refractivity contribution in [1.82, 2.24) is 0 Å². The lowest BCUT2D eigenvalue weighted by Crippen LogP contribution is -3.08. The minimum atomic E-state index is -0.252. The fourth-order valence-corrected chi connectivity index (χ4v) is 4.36. The van der Waals surface area contributed by atoms with E-state index in [1.54, 1.807) is 6.07 Å². The third-order valence-electron chi connectivity index (χ3n) is 5.95. The molecule has 4 rings (SSSR count).